The third kappa shape index (κ3) is 6.15. The van der Waals surface area contributed by atoms with Gasteiger partial charge in [0.15, 0.2) is 0 Å². The maximum absolute atomic E-state index is 11.3. The fourth-order valence-corrected chi connectivity index (χ4v) is 3.24. The van der Waals surface area contributed by atoms with Crippen LogP contribution in [0.3, 0.4) is 0 Å². The molecule has 0 aliphatic heterocycles. The Morgan fingerprint density at radius 1 is 0.857 bits per heavy atom. The molecule has 0 saturated heterocycles. The fourth-order valence-electron chi connectivity index (χ4n) is 3.24. The monoisotopic (exact) mass is 382 g/mol. The number of phenols is 1. The molecule has 0 aliphatic rings. The Morgan fingerprint density at radius 2 is 1.39 bits per heavy atom. The molecule has 0 aliphatic carbocycles. The summed E-state index contributed by atoms with van der Waals surface area (Å²) >= 11 is 0. The van der Waals surface area contributed by atoms with Crippen molar-refractivity contribution in [3.8, 4) is 11.5 Å². The maximum Gasteiger partial charge on any atom is 0.305 e. The van der Waals surface area contributed by atoms with Gasteiger partial charge in [0.05, 0.1) is 13.2 Å². The number of hydrogen-bond acceptors (Lipinski definition) is 4. The molecule has 0 saturated carbocycles. The van der Waals surface area contributed by atoms with Gasteiger partial charge in [0.2, 0.25) is 0 Å². The van der Waals surface area contributed by atoms with Gasteiger partial charge in [0, 0.05) is 6.42 Å². The van der Waals surface area contributed by atoms with Crippen LogP contribution in [0.1, 0.15) is 57.6 Å². The topological polar surface area (TPSA) is 55.8 Å². The van der Waals surface area contributed by atoms with Crippen molar-refractivity contribution in [1.29, 1.82) is 0 Å². The van der Waals surface area contributed by atoms with E-state index in [0.29, 0.717) is 26.1 Å². The molecule has 0 amide bonds. The van der Waals surface area contributed by atoms with Gasteiger partial charge in [-0.3, -0.25) is 4.79 Å². The summed E-state index contributed by atoms with van der Waals surface area (Å²) in [7, 11) is 0. The molecule has 0 unspecified atom stereocenters. The van der Waals surface area contributed by atoms with Crippen LogP contribution in [0.4, 0.5) is 0 Å². The molecule has 4 heteroatoms. The number of rotatable bonds is 10. The van der Waals surface area contributed by atoms with Crippen molar-refractivity contribution >= 4 is 17.1 Å². The quantitative estimate of drug-likeness (QED) is 0.318. The first kappa shape index (κ1) is 21.5. The van der Waals surface area contributed by atoms with Gasteiger partial charge in [0.25, 0.3) is 0 Å². The van der Waals surface area contributed by atoms with Crippen LogP contribution in [-0.4, -0.2) is 24.3 Å². The minimum Gasteiger partial charge on any atom is -0.508 e. The summed E-state index contributed by atoms with van der Waals surface area (Å²) in [6.07, 6.45) is 2.85. The Hall–Kier alpha value is -2.75. The lowest BCUT2D eigenvalue weighted by Gasteiger charge is -2.15. The van der Waals surface area contributed by atoms with E-state index in [-0.39, 0.29) is 11.7 Å². The molecule has 2 aromatic carbocycles. The number of carbonyl (C=O) groups is 1. The standard InChI is InChI=1S/C24H30O4/c1-4-22(18-9-13-20(25)14-10-18)23(5-2)19-11-15-21(16-12-19)28-17-7-8-24(26)27-6-3/h9-16,25H,4-8,17H2,1-3H3/b23-22+. The van der Waals surface area contributed by atoms with Gasteiger partial charge >= 0.3 is 5.97 Å². The molecule has 2 aromatic rings. The Labute approximate surface area is 167 Å². The molecular weight excluding hydrogens is 352 g/mol. The van der Waals surface area contributed by atoms with Crippen molar-refractivity contribution in [1.82, 2.24) is 0 Å². The minimum atomic E-state index is -0.180. The molecule has 28 heavy (non-hydrogen) atoms. The van der Waals surface area contributed by atoms with Crippen LogP contribution in [-0.2, 0) is 9.53 Å². The number of benzene rings is 2. The highest BCUT2D eigenvalue weighted by molar-refractivity contribution is 5.90. The number of allylic oxidation sites excluding steroid dienone is 2. The van der Waals surface area contributed by atoms with Crippen molar-refractivity contribution in [2.45, 2.75) is 46.5 Å². The molecule has 2 rings (SSSR count). The van der Waals surface area contributed by atoms with Crippen LogP contribution in [0.5, 0.6) is 11.5 Å². The molecular formula is C24H30O4. The van der Waals surface area contributed by atoms with Crippen molar-refractivity contribution < 1.29 is 19.4 Å². The number of esters is 1. The highest BCUT2D eigenvalue weighted by Crippen LogP contribution is 2.32. The van der Waals surface area contributed by atoms with E-state index in [2.05, 4.69) is 26.0 Å². The van der Waals surface area contributed by atoms with Crippen molar-refractivity contribution in [2.24, 2.45) is 0 Å². The van der Waals surface area contributed by atoms with Gasteiger partial charge in [-0.25, -0.2) is 0 Å². The van der Waals surface area contributed by atoms with E-state index in [1.807, 2.05) is 24.3 Å². The molecule has 0 heterocycles. The second-order valence-corrected chi connectivity index (χ2v) is 6.49. The number of ether oxygens (including phenoxy) is 2. The van der Waals surface area contributed by atoms with E-state index in [1.54, 1.807) is 19.1 Å². The number of phenolic OH excluding ortho intramolecular Hbond substituents is 1. The smallest absolute Gasteiger partial charge is 0.305 e. The second-order valence-electron chi connectivity index (χ2n) is 6.49. The van der Waals surface area contributed by atoms with Gasteiger partial charge in [-0.05, 0) is 72.7 Å². The summed E-state index contributed by atoms with van der Waals surface area (Å²) in [6.45, 7) is 7.02. The van der Waals surface area contributed by atoms with Crippen molar-refractivity contribution in [2.75, 3.05) is 13.2 Å². The maximum atomic E-state index is 11.3. The van der Waals surface area contributed by atoms with Crippen LogP contribution in [0.15, 0.2) is 48.5 Å². The van der Waals surface area contributed by atoms with E-state index >= 15 is 0 Å². The largest absolute Gasteiger partial charge is 0.508 e. The van der Waals surface area contributed by atoms with Crippen molar-refractivity contribution in [3.63, 3.8) is 0 Å². The van der Waals surface area contributed by atoms with Gasteiger partial charge < -0.3 is 14.6 Å². The second kappa shape index (κ2) is 11.2. The lowest BCUT2D eigenvalue weighted by Crippen LogP contribution is -2.06. The van der Waals surface area contributed by atoms with Crippen LogP contribution in [0.25, 0.3) is 11.1 Å². The Balaban J connectivity index is 2.07. The molecule has 1 N–H and O–H groups in total. The number of hydrogen-bond donors (Lipinski definition) is 1. The molecule has 0 atom stereocenters. The van der Waals surface area contributed by atoms with Crippen LogP contribution in [0, 0.1) is 0 Å². The summed E-state index contributed by atoms with van der Waals surface area (Å²) in [5.41, 5.74) is 4.88. The average Bonchev–Trinajstić information content (AvgIpc) is 2.71. The molecule has 0 bridgehead atoms. The predicted molar refractivity (Wildman–Crippen MR) is 113 cm³/mol. The van der Waals surface area contributed by atoms with Gasteiger partial charge in [-0.1, -0.05) is 38.1 Å². The predicted octanol–water partition coefficient (Wildman–Crippen LogP) is 5.85. The summed E-state index contributed by atoms with van der Waals surface area (Å²) in [6, 6.07) is 15.5. The normalized spacial score (nSPS) is 11.7. The Morgan fingerprint density at radius 3 is 1.89 bits per heavy atom. The molecule has 0 aromatic heterocycles. The zero-order valence-corrected chi connectivity index (χ0v) is 17.0. The lowest BCUT2D eigenvalue weighted by atomic mass is 9.91. The lowest BCUT2D eigenvalue weighted by molar-refractivity contribution is -0.143. The fraction of sp³-hybridized carbons (Fsp3) is 0.375. The summed E-state index contributed by atoms with van der Waals surface area (Å²) in [5, 5.41) is 9.54. The Kier molecular flexibility index (Phi) is 8.60. The SMILES string of the molecule is CCOC(=O)CCCOc1ccc(/C(CC)=C(\CC)c2ccc(O)cc2)cc1. The third-order valence-electron chi connectivity index (χ3n) is 4.59. The highest BCUT2D eigenvalue weighted by Gasteiger charge is 2.09. The van der Waals surface area contributed by atoms with E-state index < -0.39 is 0 Å². The molecule has 150 valence electrons. The highest BCUT2D eigenvalue weighted by atomic mass is 16.5. The molecule has 0 spiro atoms. The Bertz CT molecular complexity index is 773. The first-order valence-corrected chi connectivity index (χ1v) is 9.99. The zero-order chi connectivity index (χ0) is 20.4. The summed E-state index contributed by atoms with van der Waals surface area (Å²) in [4.78, 5) is 11.3. The van der Waals surface area contributed by atoms with E-state index in [4.69, 9.17) is 9.47 Å². The van der Waals surface area contributed by atoms with Crippen LogP contribution >= 0.6 is 0 Å². The van der Waals surface area contributed by atoms with Crippen molar-refractivity contribution in [3.05, 3.63) is 59.7 Å². The zero-order valence-electron chi connectivity index (χ0n) is 17.0. The van der Waals surface area contributed by atoms with Gasteiger partial charge in [-0.2, -0.15) is 0 Å². The third-order valence-corrected chi connectivity index (χ3v) is 4.59. The summed E-state index contributed by atoms with van der Waals surface area (Å²) in [5.74, 6) is 0.896. The molecule has 0 radical (unpaired) electrons. The van der Waals surface area contributed by atoms with E-state index in [0.717, 1.165) is 24.2 Å². The van der Waals surface area contributed by atoms with Gasteiger partial charge in [-0.15, -0.1) is 0 Å². The first-order chi connectivity index (χ1) is 13.6. The number of aromatic hydroxyl groups is 1. The van der Waals surface area contributed by atoms with Crippen LogP contribution < -0.4 is 4.74 Å². The number of carbonyl (C=O) groups excluding carboxylic acids is 1. The molecule has 4 nitrogen and oxygen atoms in total. The van der Waals surface area contributed by atoms with Gasteiger partial charge in [0.1, 0.15) is 11.5 Å². The molecule has 0 fully saturated rings. The minimum absolute atomic E-state index is 0.180. The van der Waals surface area contributed by atoms with E-state index in [1.165, 1.54) is 16.7 Å². The summed E-state index contributed by atoms with van der Waals surface area (Å²) < 4.78 is 10.6. The average molecular weight is 383 g/mol. The van der Waals surface area contributed by atoms with E-state index in [9.17, 15) is 9.90 Å². The first-order valence-electron chi connectivity index (χ1n) is 9.99. The van der Waals surface area contributed by atoms with Crippen LogP contribution in [0.2, 0.25) is 0 Å².